The highest BCUT2D eigenvalue weighted by atomic mass is 16.5. The molecule has 4 nitrogen and oxygen atoms in total. The van der Waals surface area contributed by atoms with Crippen LogP contribution >= 0.6 is 0 Å². The third-order valence-electron chi connectivity index (χ3n) is 3.40. The average molecular weight is 277 g/mol. The minimum absolute atomic E-state index is 0.470. The van der Waals surface area contributed by atoms with E-state index in [-0.39, 0.29) is 0 Å². The molecule has 0 aromatic heterocycles. The van der Waals surface area contributed by atoms with Gasteiger partial charge in [0, 0.05) is 19.6 Å². The van der Waals surface area contributed by atoms with E-state index in [4.69, 9.17) is 10.5 Å². The van der Waals surface area contributed by atoms with Gasteiger partial charge in [-0.25, -0.2) is 0 Å². The Bertz CT molecular complexity index is 410. The Kier molecular flexibility index (Phi) is 6.91. The van der Waals surface area contributed by atoms with Gasteiger partial charge < -0.3 is 15.4 Å². The average Bonchev–Trinajstić information content (AvgIpc) is 2.47. The van der Waals surface area contributed by atoms with Crippen molar-refractivity contribution in [1.29, 1.82) is 0 Å². The number of nitrogens with zero attached hydrogens (tertiary/aromatic N) is 2. The van der Waals surface area contributed by atoms with Crippen LogP contribution in [-0.4, -0.2) is 37.6 Å². The molecule has 20 heavy (non-hydrogen) atoms. The number of methoxy groups -OCH3 is 1. The third-order valence-corrected chi connectivity index (χ3v) is 3.40. The summed E-state index contributed by atoms with van der Waals surface area (Å²) in [6.07, 6.45) is 0.999. The van der Waals surface area contributed by atoms with E-state index in [1.165, 1.54) is 5.56 Å². The summed E-state index contributed by atoms with van der Waals surface area (Å²) in [5, 5.41) is 0. The van der Waals surface area contributed by atoms with Crippen LogP contribution in [0.2, 0.25) is 0 Å². The molecule has 0 spiro atoms. The number of rotatable bonds is 7. The van der Waals surface area contributed by atoms with E-state index < -0.39 is 0 Å². The van der Waals surface area contributed by atoms with Gasteiger partial charge in [0.25, 0.3) is 0 Å². The summed E-state index contributed by atoms with van der Waals surface area (Å²) in [5.74, 6) is 2.01. The number of ether oxygens (including phenoxy) is 1. The molecule has 0 fully saturated rings. The van der Waals surface area contributed by atoms with Crippen LogP contribution in [0.3, 0.4) is 0 Å². The lowest BCUT2D eigenvalue weighted by Crippen LogP contribution is -2.37. The van der Waals surface area contributed by atoms with E-state index in [0.29, 0.717) is 11.9 Å². The molecule has 2 N–H and O–H groups in total. The zero-order valence-corrected chi connectivity index (χ0v) is 13.1. The van der Waals surface area contributed by atoms with Gasteiger partial charge in [-0.15, -0.1) is 0 Å². The highest BCUT2D eigenvalue weighted by Gasteiger charge is 2.06. The minimum Gasteiger partial charge on any atom is -0.497 e. The number of nitrogens with two attached hydrogens (primary N) is 1. The second-order valence-electron chi connectivity index (χ2n) is 5.03. The van der Waals surface area contributed by atoms with Crippen molar-refractivity contribution < 1.29 is 4.74 Å². The number of benzene rings is 1. The van der Waals surface area contributed by atoms with Gasteiger partial charge in [0.05, 0.1) is 7.11 Å². The van der Waals surface area contributed by atoms with E-state index in [1.807, 2.05) is 12.1 Å². The Hall–Kier alpha value is -1.71. The quantitative estimate of drug-likeness (QED) is 0.615. The molecule has 0 radical (unpaired) electrons. The molecule has 1 aromatic rings. The van der Waals surface area contributed by atoms with Gasteiger partial charge in [-0.2, -0.15) is 0 Å². The summed E-state index contributed by atoms with van der Waals surface area (Å²) in [7, 11) is 1.68. The molecule has 0 amide bonds. The van der Waals surface area contributed by atoms with Gasteiger partial charge in [-0.1, -0.05) is 19.1 Å². The van der Waals surface area contributed by atoms with E-state index in [2.05, 4.69) is 42.8 Å². The van der Waals surface area contributed by atoms with Crippen LogP contribution in [0.5, 0.6) is 5.75 Å². The van der Waals surface area contributed by atoms with Gasteiger partial charge in [0.2, 0.25) is 0 Å². The summed E-state index contributed by atoms with van der Waals surface area (Å²) in [6.45, 7) is 8.94. The van der Waals surface area contributed by atoms with Crippen molar-refractivity contribution in [1.82, 2.24) is 4.90 Å². The van der Waals surface area contributed by atoms with Gasteiger partial charge in [-0.05, 0) is 43.9 Å². The van der Waals surface area contributed by atoms with E-state index >= 15 is 0 Å². The lowest BCUT2D eigenvalue weighted by Gasteiger charge is -2.20. The molecule has 0 aliphatic heterocycles. The number of hydrogen-bond acceptors (Lipinski definition) is 2. The Balaban J connectivity index is 2.50. The summed E-state index contributed by atoms with van der Waals surface area (Å²) in [6, 6.07) is 8.20. The first kappa shape index (κ1) is 16.3. The largest absolute Gasteiger partial charge is 0.497 e. The lowest BCUT2D eigenvalue weighted by atomic mass is 10.0. The maximum absolute atomic E-state index is 5.98. The van der Waals surface area contributed by atoms with Crippen LogP contribution < -0.4 is 10.5 Å². The van der Waals surface area contributed by atoms with Crippen molar-refractivity contribution in [3.63, 3.8) is 0 Å². The molecule has 1 aromatic carbocycles. The molecule has 0 aliphatic carbocycles. The Morgan fingerprint density at radius 3 is 2.35 bits per heavy atom. The molecule has 1 atom stereocenters. The van der Waals surface area contributed by atoms with Crippen molar-refractivity contribution in [3.8, 4) is 5.75 Å². The van der Waals surface area contributed by atoms with Gasteiger partial charge in [0.1, 0.15) is 5.75 Å². The van der Waals surface area contributed by atoms with Gasteiger partial charge in [0.15, 0.2) is 5.96 Å². The van der Waals surface area contributed by atoms with Crippen LogP contribution in [-0.2, 0) is 6.42 Å². The number of guanidine groups is 1. The van der Waals surface area contributed by atoms with Crippen LogP contribution in [0.1, 0.15) is 26.3 Å². The molecular formula is C16H27N3O. The number of aliphatic imine (C=N–C) groups is 1. The van der Waals surface area contributed by atoms with Crippen LogP contribution in [0.15, 0.2) is 29.3 Å². The smallest absolute Gasteiger partial charge is 0.191 e. The molecule has 0 heterocycles. The highest BCUT2D eigenvalue weighted by molar-refractivity contribution is 5.77. The topological polar surface area (TPSA) is 50.8 Å². The molecule has 0 saturated heterocycles. The summed E-state index contributed by atoms with van der Waals surface area (Å²) >= 11 is 0. The van der Waals surface area contributed by atoms with Crippen LogP contribution in [0.4, 0.5) is 0 Å². The Morgan fingerprint density at radius 2 is 1.85 bits per heavy atom. The molecule has 1 unspecified atom stereocenters. The molecule has 0 saturated carbocycles. The van der Waals surface area contributed by atoms with Gasteiger partial charge >= 0.3 is 0 Å². The first-order chi connectivity index (χ1) is 9.60. The van der Waals surface area contributed by atoms with Crippen molar-refractivity contribution in [2.45, 2.75) is 27.2 Å². The second-order valence-corrected chi connectivity index (χ2v) is 5.03. The van der Waals surface area contributed by atoms with Crippen molar-refractivity contribution in [2.75, 3.05) is 26.7 Å². The van der Waals surface area contributed by atoms with Crippen molar-refractivity contribution >= 4 is 5.96 Å². The standard InChI is InChI=1S/C16H27N3O/c1-5-19(6-2)16(17)18-12-13(3)11-14-7-9-15(20-4)10-8-14/h7-10,13H,5-6,11-12H2,1-4H3,(H2,17,18). The molecule has 0 bridgehead atoms. The van der Waals surface area contributed by atoms with Gasteiger partial charge in [-0.3, -0.25) is 4.99 Å². The number of hydrogen-bond donors (Lipinski definition) is 1. The Labute approximate surface area is 122 Å². The summed E-state index contributed by atoms with van der Waals surface area (Å²) in [5.41, 5.74) is 7.28. The van der Waals surface area contributed by atoms with Crippen molar-refractivity contribution in [3.05, 3.63) is 29.8 Å². The molecule has 112 valence electrons. The van der Waals surface area contributed by atoms with Crippen molar-refractivity contribution in [2.24, 2.45) is 16.6 Å². The first-order valence-electron chi connectivity index (χ1n) is 7.28. The predicted molar refractivity (Wildman–Crippen MR) is 85.3 cm³/mol. The third kappa shape index (κ3) is 5.11. The molecule has 0 aliphatic rings. The SMILES string of the molecule is CCN(CC)C(N)=NCC(C)Cc1ccc(OC)cc1. The van der Waals surface area contributed by atoms with Crippen LogP contribution in [0, 0.1) is 5.92 Å². The zero-order chi connectivity index (χ0) is 15.0. The van der Waals surface area contributed by atoms with E-state index in [1.54, 1.807) is 7.11 Å². The fraction of sp³-hybridized carbons (Fsp3) is 0.562. The summed E-state index contributed by atoms with van der Waals surface area (Å²) in [4.78, 5) is 6.56. The fourth-order valence-corrected chi connectivity index (χ4v) is 2.13. The van der Waals surface area contributed by atoms with E-state index in [0.717, 1.165) is 31.8 Å². The molecule has 1 rings (SSSR count). The maximum atomic E-state index is 5.98. The lowest BCUT2D eigenvalue weighted by molar-refractivity contribution is 0.414. The normalized spacial score (nSPS) is 13.1. The fourth-order valence-electron chi connectivity index (χ4n) is 2.13. The minimum atomic E-state index is 0.470. The zero-order valence-electron chi connectivity index (χ0n) is 13.1. The first-order valence-corrected chi connectivity index (χ1v) is 7.28. The van der Waals surface area contributed by atoms with Crippen LogP contribution in [0.25, 0.3) is 0 Å². The molecular weight excluding hydrogens is 250 g/mol. The second kappa shape index (κ2) is 8.46. The molecule has 4 heteroatoms. The predicted octanol–water partition coefficient (Wildman–Crippen LogP) is 2.53. The maximum Gasteiger partial charge on any atom is 0.191 e. The van der Waals surface area contributed by atoms with E-state index in [9.17, 15) is 0 Å². The highest BCUT2D eigenvalue weighted by Crippen LogP contribution is 2.14. The monoisotopic (exact) mass is 277 g/mol. The Morgan fingerprint density at radius 1 is 1.25 bits per heavy atom. The summed E-state index contributed by atoms with van der Waals surface area (Å²) < 4.78 is 5.16.